The molecule has 3 heterocycles. The van der Waals surface area contributed by atoms with Gasteiger partial charge in [-0.05, 0) is 67.2 Å². The first-order chi connectivity index (χ1) is 19.4. The number of likely N-dealkylation sites (tertiary alicyclic amines) is 1. The van der Waals surface area contributed by atoms with Crippen LogP contribution in [0.5, 0.6) is 5.75 Å². The van der Waals surface area contributed by atoms with Gasteiger partial charge >= 0.3 is 6.09 Å². The summed E-state index contributed by atoms with van der Waals surface area (Å²) in [5.74, 6) is 1.04. The van der Waals surface area contributed by atoms with Crippen molar-refractivity contribution in [3.8, 4) is 5.75 Å². The molecule has 0 aromatic heterocycles. The second-order valence-electron chi connectivity index (χ2n) is 11.9. The molecular formula is C32H44FN3O4. The normalized spacial score (nSPS) is 21.8. The fourth-order valence-corrected chi connectivity index (χ4v) is 6.11. The van der Waals surface area contributed by atoms with Crippen molar-refractivity contribution in [2.24, 2.45) is 5.92 Å². The fraction of sp³-hybridized carbons (Fsp3) is 0.594. The lowest BCUT2D eigenvalue weighted by Gasteiger charge is -2.42. The zero-order valence-corrected chi connectivity index (χ0v) is 24.0. The molecule has 3 aliphatic rings. The van der Waals surface area contributed by atoms with Gasteiger partial charge < -0.3 is 19.1 Å². The van der Waals surface area contributed by atoms with Crippen LogP contribution in [0, 0.1) is 11.7 Å². The zero-order valence-electron chi connectivity index (χ0n) is 24.0. The Labute approximate surface area is 238 Å². The van der Waals surface area contributed by atoms with Gasteiger partial charge in [0.15, 0.2) is 0 Å². The van der Waals surface area contributed by atoms with Crippen molar-refractivity contribution in [2.75, 3.05) is 59.1 Å². The second-order valence-corrected chi connectivity index (χ2v) is 11.9. The number of carbonyl (C=O) groups excluding carboxylic acids is 1. The Bertz CT molecular complexity index is 1080. The van der Waals surface area contributed by atoms with Crippen molar-refractivity contribution in [1.82, 2.24) is 14.7 Å². The van der Waals surface area contributed by atoms with Crippen LogP contribution >= 0.6 is 0 Å². The van der Waals surface area contributed by atoms with E-state index in [1.165, 1.54) is 12.1 Å². The van der Waals surface area contributed by atoms with E-state index in [0.29, 0.717) is 25.5 Å². The van der Waals surface area contributed by atoms with E-state index in [9.17, 15) is 9.18 Å². The predicted molar refractivity (Wildman–Crippen MR) is 153 cm³/mol. The minimum atomic E-state index is -0.535. The van der Waals surface area contributed by atoms with Gasteiger partial charge in [-0.25, -0.2) is 9.18 Å². The molecule has 1 spiro atoms. The summed E-state index contributed by atoms with van der Waals surface area (Å²) >= 11 is 0. The maximum atomic E-state index is 13.7. The van der Waals surface area contributed by atoms with Gasteiger partial charge in [0.2, 0.25) is 0 Å². The lowest BCUT2D eigenvalue weighted by atomic mass is 9.81. The van der Waals surface area contributed by atoms with E-state index in [2.05, 4.69) is 23.6 Å². The van der Waals surface area contributed by atoms with Gasteiger partial charge in [-0.3, -0.25) is 9.80 Å². The van der Waals surface area contributed by atoms with Crippen LogP contribution in [0.15, 0.2) is 48.5 Å². The van der Waals surface area contributed by atoms with Crippen LogP contribution < -0.4 is 4.74 Å². The molecule has 1 unspecified atom stereocenters. The highest BCUT2D eigenvalue weighted by atomic mass is 19.1. The van der Waals surface area contributed by atoms with E-state index in [1.807, 2.05) is 41.3 Å². The molecule has 2 aromatic carbocycles. The number of benzene rings is 2. The van der Waals surface area contributed by atoms with Gasteiger partial charge in [-0.15, -0.1) is 0 Å². The largest absolute Gasteiger partial charge is 0.493 e. The molecule has 0 aliphatic carbocycles. The van der Waals surface area contributed by atoms with Crippen molar-refractivity contribution in [3.63, 3.8) is 0 Å². The van der Waals surface area contributed by atoms with E-state index in [1.54, 1.807) is 0 Å². The Hall–Kier alpha value is -2.68. The maximum Gasteiger partial charge on any atom is 0.411 e. The van der Waals surface area contributed by atoms with Gasteiger partial charge in [-0.1, -0.05) is 38.1 Å². The van der Waals surface area contributed by atoms with Crippen LogP contribution in [0.2, 0.25) is 0 Å². The minimum absolute atomic E-state index is 0.113. The zero-order chi connectivity index (χ0) is 28.0. The number of ether oxygens (including phenoxy) is 3. The first-order valence-corrected chi connectivity index (χ1v) is 14.9. The summed E-state index contributed by atoms with van der Waals surface area (Å²) in [4.78, 5) is 20.2. The molecule has 7 nitrogen and oxygen atoms in total. The fourth-order valence-electron chi connectivity index (χ4n) is 6.11. The molecule has 3 saturated heterocycles. The van der Waals surface area contributed by atoms with Gasteiger partial charge in [0.05, 0.1) is 25.9 Å². The van der Waals surface area contributed by atoms with E-state index < -0.39 is 5.60 Å². The molecule has 3 fully saturated rings. The molecule has 0 bridgehead atoms. The highest BCUT2D eigenvalue weighted by molar-refractivity contribution is 5.72. The number of rotatable bonds is 11. The monoisotopic (exact) mass is 553 g/mol. The third-order valence-corrected chi connectivity index (χ3v) is 8.47. The first kappa shape index (κ1) is 28.8. The van der Waals surface area contributed by atoms with E-state index in [0.717, 1.165) is 88.6 Å². The number of piperidine rings is 1. The molecule has 0 N–H and O–H groups in total. The molecule has 0 radical (unpaired) electrons. The summed E-state index contributed by atoms with van der Waals surface area (Å²) in [5.41, 5.74) is 1.52. The summed E-state index contributed by atoms with van der Waals surface area (Å²) < 4.78 is 31.2. The summed E-state index contributed by atoms with van der Waals surface area (Å²) in [6, 6.07) is 14.5. The summed E-state index contributed by atoms with van der Waals surface area (Å²) in [5, 5.41) is 0. The SMILES string of the molecule is CC(C)COc1ccc(CN2C(=O)OC3(CCN(CCCN4CCOCC4)CC3)C2Cc2ccc(F)cc2)cc1. The lowest BCUT2D eigenvalue weighted by molar-refractivity contribution is -0.0229. The van der Waals surface area contributed by atoms with Crippen LogP contribution in [0.4, 0.5) is 9.18 Å². The summed E-state index contributed by atoms with van der Waals surface area (Å²) in [6.45, 7) is 13.1. The number of hydrogen-bond donors (Lipinski definition) is 0. The van der Waals surface area contributed by atoms with Crippen molar-refractivity contribution in [3.05, 3.63) is 65.5 Å². The van der Waals surface area contributed by atoms with Crippen molar-refractivity contribution in [1.29, 1.82) is 0 Å². The van der Waals surface area contributed by atoms with Crippen LogP contribution in [-0.4, -0.2) is 91.5 Å². The van der Waals surface area contributed by atoms with Crippen molar-refractivity contribution < 1.29 is 23.4 Å². The van der Waals surface area contributed by atoms with Crippen LogP contribution in [0.1, 0.15) is 44.2 Å². The molecule has 40 heavy (non-hydrogen) atoms. The lowest BCUT2D eigenvalue weighted by Crippen LogP contribution is -2.53. The Balaban J connectivity index is 1.24. The molecule has 1 atom stereocenters. The van der Waals surface area contributed by atoms with Crippen LogP contribution in [0.25, 0.3) is 0 Å². The Morgan fingerprint density at radius 1 is 0.925 bits per heavy atom. The highest BCUT2D eigenvalue weighted by Crippen LogP contribution is 2.41. The second kappa shape index (κ2) is 13.3. The quantitative estimate of drug-likeness (QED) is 0.391. The predicted octanol–water partition coefficient (Wildman–Crippen LogP) is 4.98. The highest BCUT2D eigenvalue weighted by Gasteiger charge is 2.54. The third-order valence-electron chi connectivity index (χ3n) is 8.47. The Morgan fingerprint density at radius 2 is 1.55 bits per heavy atom. The average Bonchev–Trinajstić information content (AvgIpc) is 3.20. The van der Waals surface area contributed by atoms with Crippen LogP contribution in [0.3, 0.4) is 0 Å². The van der Waals surface area contributed by atoms with E-state index in [4.69, 9.17) is 14.2 Å². The number of amides is 1. The summed E-state index contributed by atoms with van der Waals surface area (Å²) in [6.07, 6.45) is 3.13. The molecular weight excluding hydrogens is 509 g/mol. The molecule has 3 aliphatic heterocycles. The first-order valence-electron chi connectivity index (χ1n) is 14.9. The number of halogens is 1. The molecule has 8 heteroatoms. The minimum Gasteiger partial charge on any atom is -0.493 e. The van der Waals surface area contributed by atoms with Gasteiger partial charge in [-0.2, -0.15) is 0 Å². The molecule has 1 amide bonds. The molecule has 218 valence electrons. The third kappa shape index (κ3) is 7.33. The van der Waals surface area contributed by atoms with E-state index in [-0.39, 0.29) is 18.0 Å². The van der Waals surface area contributed by atoms with Crippen molar-refractivity contribution in [2.45, 2.75) is 57.7 Å². The smallest absolute Gasteiger partial charge is 0.411 e. The molecule has 0 saturated carbocycles. The maximum absolute atomic E-state index is 13.7. The standard InChI is InChI=1S/C32H44FN3O4/c1-25(2)24-39-29-10-6-27(7-11-29)23-36-30(22-26-4-8-28(33)9-5-26)32(40-31(36)37)12-16-34(17-13-32)14-3-15-35-18-20-38-21-19-35/h4-11,25,30H,3,12-24H2,1-2H3. The van der Waals surface area contributed by atoms with Crippen LogP contribution in [-0.2, 0) is 22.4 Å². The number of morpholine rings is 1. The Morgan fingerprint density at radius 3 is 2.20 bits per heavy atom. The van der Waals surface area contributed by atoms with Gasteiger partial charge in [0, 0.05) is 45.6 Å². The average molecular weight is 554 g/mol. The number of hydrogen-bond acceptors (Lipinski definition) is 6. The number of carbonyl (C=O) groups is 1. The molecule has 5 rings (SSSR count). The van der Waals surface area contributed by atoms with E-state index >= 15 is 0 Å². The van der Waals surface area contributed by atoms with Gasteiger partial charge in [0.25, 0.3) is 0 Å². The molecule has 2 aromatic rings. The number of nitrogens with zero attached hydrogens (tertiary/aromatic N) is 3. The van der Waals surface area contributed by atoms with Crippen molar-refractivity contribution >= 4 is 6.09 Å². The topological polar surface area (TPSA) is 54.5 Å². The Kier molecular flexibility index (Phi) is 9.60. The van der Waals surface area contributed by atoms with Gasteiger partial charge in [0.1, 0.15) is 17.2 Å². The summed E-state index contributed by atoms with van der Waals surface area (Å²) in [7, 11) is 0.